The normalized spacial score (nSPS) is 10.5. The molecule has 0 aliphatic heterocycles. The van der Waals surface area contributed by atoms with Crippen LogP contribution in [-0.2, 0) is 0 Å². The number of anilines is 2. The second kappa shape index (κ2) is 4.58. The molecule has 0 saturated carbocycles. The summed E-state index contributed by atoms with van der Waals surface area (Å²) in [6, 6.07) is 5.85. The zero-order valence-corrected chi connectivity index (χ0v) is 10.5. The minimum atomic E-state index is 0.800. The molecule has 3 rings (SSSR count). The molecule has 0 radical (unpaired) electrons. The van der Waals surface area contributed by atoms with Crippen LogP contribution in [-0.4, -0.2) is 20.2 Å². The molecule has 90 valence electrons. The third-order valence-electron chi connectivity index (χ3n) is 2.39. The number of pyridine rings is 1. The number of rotatable bonds is 3. The Kier molecular flexibility index (Phi) is 2.77. The van der Waals surface area contributed by atoms with Crippen molar-refractivity contribution in [2.24, 2.45) is 0 Å². The third-order valence-corrected chi connectivity index (χ3v) is 3.29. The van der Waals surface area contributed by atoms with Gasteiger partial charge in [-0.25, -0.2) is 9.97 Å². The van der Waals surface area contributed by atoms with Crippen molar-refractivity contribution in [3.8, 4) is 10.6 Å². The van der Waals surface area contributed by atoms with Gasteiger partial charge in [0.2, 0.25) is 0 Å². The van der Waals surface area contributed by atoms with E-state index in [2.05, 4.69) is 25.5 Å². The molecule has 0 amide bonds. The van der Waals surface area contributed by atoms with Crippen LogP contribution in [0.5, 0.6) is 0 Å². The topological polar surface area (TPSA) is 66.5 Å². The molecule has 0 atom stereocenters. The van der Waals surface area contributed by atoms with Crippen molar-refractivity contribution in [1.82, 2.24) is 20.2 Å². The average molecular weight is 257 g/mol. The number of H-pyrrole nitrogens is 1. The standard InChI is InChI=1S/C12H11N5S/c1-8-3-2-4-10(15-8)16-11-7-18-12(17-11)9-5-13-14-6-9/h2-7H,1H3,(H,13,14)(H,15,16). The Labute approximate surface area is 108 Å². The van der Waals surface area contributed by atoms with Gasteiger partial charge in [0.1, 0.15) is 16.6 Å². The third kappa shape index (κ3) is 2.23. The summed E-state index contributed by atoms with van der Waals surface area (Å²) in [5.41, 5.74) is 1.97. The first-order valence-electron chi connectivity index (χ1n) is 5.46. The van der Waals surface area contributed by atoms with Crippen LogP contribution < -0.4 is 5.32 Å². The van der Waals surface area contributed by atoms with Gasteiger partial charge in [-0.1, -0.05) is 6.07 Å². The van der Waals surface area contributed by atoms with Crippen LogP contribution in [0.2, 0.25) is 0 Å². The maximum atomic E-state index is 4.49. The monoisotopic (exact) mass is 257 g/mol. The summed E-state index contributed by atoms with van der Waals surface area (Å²) in [6.45, 7) is 1.96. The molecule has 3 heterocycles. The van der Waals surface area contributed by atoms with E-state index in [9.17, 15) is 0 Å². The van der Waals surface area contributed by atoms with E-state index in [1.165, 1.54) is 0 Å². The lowest BCUT2D eigenvalue weighted by molar-refractivity contribution is 1.09. The molecule has 6 heteroatoms. The van der Waals surface area contributed by atoms with Gasteiger partial charge in [-0.2, -0.15) is 5.10 Å². The van der Waals surface area contributed by atoms with E-state index in [0.717, 1.165) is 27.9 Å². The van der Waals surface area contributed by atoms with Crippen molar-refractivity contribution in [3.05, 3.63) is 41.7 Å². The first-order chi connectivity index (χ1) is 8.81. The van der Waals surface area contributed by atoms with Gasteiger partial charge in [-0.05, 0) is 19.1 Å². The predicted molar refractivity (Wildman–Crippen MR) is 72.0 cm³/mol. The Morgan fingerprint density at radius 1 is 1.22 bits per heavy atom. The van der Waals surface area contributed by atoms with E-state index in [0.29, 0.717) is 0 Å². The summed E-state index contributed by atoms with van der Waals surface area (Å²) >= 11 is 1.57. The molecule has 3 aromatic rings. The first kappa shape index (κ1) is 10.9. The Morgan fingerprint density at radius 3 is 2.94 bits per heavy atom. The SMILES string of the molecule is Cc1cccc(Nc2csc(-c3cn[nH]c3)n2)n1. The van der Waals surface area contributed by atoms with E-state index in [-0.39, 0.29) is 0 Å². The summed E-state index contributed by atoms with van der Waals surface area (Å²) < 4.78 is 0. The lowest BCUT2D eigenvalue weighted by atomic mass is 10.4. The summed E-state index contributed by atoms with van der Waals surface area (Å²) in [5, 5.41) is 12.8. The Hall–Kier alpha value is -2.21. The summed E-state index contributed by atoms with van der Waals surface area (Å²) in [6.07, 6.45) is 3.58. The van der Waals surface area contributed by atoms with Crippen molar-refractivity contribution in [2.45, 2.75) is 6.92 Å². The number of thiazole rings is 1. The van der Waals surface area contributed by atoms with Crippen LogP contribution >= 0.6 is 11.3 Å². The second-order valence-electron chi connectivity index (χ2n) is 3.81. The predicted octanol–water partition coefficient (Wildman–Crippen LogP) is 2.98. The highest BCUT2D eigenvalue weighted by Crippen LogP contribution is 2.26. The summed E-state index contributed by atoms with van der Waals surface area (Å²) in [5.74, 6) is 1.60. The Morgan fingerprint density at radius 2 is 2.17 bits per heavy atom. The number of hydrogen-bond acceptors (Lipinski definition) is 5. The van der Waals surface area contributed by atoms with Crippen LogP contribution in [0.4, 0.5) is 11.6 Å². The molecule has 0 saturated heterocycles. The molecule has 5 nitrogen and oxygen atoms in total. The molecule has 3 aromatic heterocycles. The maximum absolute atomic E-state index is 4.49. The number of hydrogen-bond donors (Lipinski definition) is 2. The molecular weight excluding hydrogens is 246 g/mol. The quantitative estimate of drug-likeness (QED) is 0.757. The summed E-state index contributed by atoms with van der Waals surface area (Å²) in [7, 11) is 0. The van der Waals surface area contributed by atoms with Crippen molar-refractivity contribution in [1.29, 1.82) is 0 Å². The van der Waals surface area contributed by atoms with Gasteiger partial charge in [0.25, 0.3) is 0 Å². The molecule has 2 N–H and O–H groups in total. The second-order valence-corrected chi connectivity index (χ2v) is 4.67. The lowest BCUT2D eigenvalue weighted by Crippen LogP contribution is -1.94. The van der Waals surface area contributed by atoms with Gasteiger partial charge in [0.15, 0.2) is 0 Å². The highest BCUT2D eigenvalue weighted by molar-refractivity contribution is 7.13. The number of aromatic amines is 1. The lowest BCUT2D eigenvalue weighted by Gasteiger charge is -2.01. The molecule has 0 aliphatic carbocycles. The fourth-order valence-corrected chi connectivity index (χ4v) is 2.31. The smallest absolute Gasteiger partial charge is 0.143 e. The van der Waals surface area contributed by atoms with E-state index in [4.69, 9.17) is 0 Å². The van der Waals surface area contributed by atoms with Crippen LogP contribution in [0.1, 0.15) is 5.69 Å². The van der Waals surface area contributed by atoms with Crippen LogP contribution in [0.15, 0.2) is 36.0 Å². The molecule has 0 unspecified atom stereocenters. The van der Waals surface area contributed by atoms with Gasteiger partial charge in [0, 0.05) is 22.8 Å². The van der Waals surface area contributed by atoms with E-state index >= 15 is 0 Å². The number of aromatic nitrogens is 4. The average Bonchev–Trinajstić information content (AvgIpc) is 2.98. The molecule has 0 fully saturated rings. The van der Waals surface area contributed by atoms with Crippen molar-refractivity contribution >= 4 is 23.0 Å². The first-order valence-corrected chi connectivity index (χ1v) is 6.34. The van der Waals surface area contributed by atoms with Crippen molar-refractivity contribution in [3.63, 3.8) is 0 Å². The Bertz CT molecular complexity index is 644. The molecule has 0 aromatic carbocycles. The zero-order valence-electron chi connectivity index (χ0n) is 9.71. The van der Waals surface area contributed by atoms with E-state index in [1.54, 1.807) is 17.5 Å². The fourth-order valence-electron chi connectivity index (χ4n) is 1.58. The van der Waals surface area contributed by atoms with Crippen LogP contribution in [0.3, 0.4) is 0 Å². The van der Waals surface area contributed by atoms with Gasteiger partial charge in [-0.15, -0.1) is 11.3 Å². The van der Waals surface area contributed by atoms with Gasteiger partial charge < -0.3 is 5.32 Å². The van der Waals surface area contributed by atoms with Gasteiger partial charge >= 0.3 is 0 Å². The molecule has 0 spiro atoms. The van der Waals surface area contributed by atoms with E-state index in [1.807, 2.05) is 36.7 Å². The number of nitrogens with one attached hydrogen (secondary N) is 2. The molecular formula is C12H11N5S. The van der Waals surface area contributed by atoms with Crippen LogP contribution in [0, 0.1) is 6.92 Å². The van der Waals surface area contributed by atoms with Crippen molar-refractivity contribution in [2.75, 3.05) is 5.32 Å². The van der Waals surface area contributed by atoms with Crippen molar-refractivity contribution < 1.29 is 0 Å². The van der Waals surface area contributed by atoms with Gasteiger partial charge in [0.05, 0.1) is 6.20 Å². The molecule has 18 heavy (non-hydrogen) atoms. The van der Waals surface area contributed by atoms with Gasteiger partial charge in [-0.3, -0.25) is 5.10 Å². The minimum Gasteiger partial charge on any atom is -0.324 e. The number of aryl methyl sites for hydroxylation is 1. The minimum absolute atomic E-state index is 0.800. The van der Waals surface area contributed by atoms with E-state index < -0.39 is 0 Å². The number of nitrogens with zero attached hydrogens (tertiary/aromatic N) is 3. The Balaban J connectivity index is 1.82. The summed E-state index contributed by atoms with van der Waals surface area (Å²) in [4.78, 5) is 8.86. The van der Waals surface area contributed by atoms with Crippen LogP contribution in [0.25, 0.3) is 10.6 Å². The largest absolute Gasteiger partial charge is 0.324 e. The highest BCUT2D eigenvalue weighted by Gasteiger charge is 2.06. The highest BCUT2D eigenvalue weighted by atomic mass is 32.1. The molecule has 0 aliphatic rings. The fraction of sp³-hybridized carbons (Fsp3) is 0.0833. The maximum Gasteiger partial charge on any atom is 0.143 e. The zero-order chi connectivity index (χ0) is 12.4. The molecule has 0 bridgehead atoms.